The summed E-state index contributed by atoms with van der Waals surface area (Å²) in [6.07, 6.45) is 2.36. The van der Waals surface area contributed by atoms with E-state index in [0.717, 1.165) is 30.2 Å². The smallest absolute Gasteiger partial charge is 0.0708 e. The molecule has 2 aromatic rings. The number of pyridine rings is 1. The zero-order valence-electron chi connectivity index (χ0n) is 12.3. The molecular formula is C17H23ClN2. The van der Waals surface area contributed by atoms with E-state index in [2.05, 4.69) is 48.4 Å². The van der Waals surface area contributed by atoms with Crippen LogP contribution in [-0.2, 0) is 6.54 Å². The first-order chi connectivity index (χ1) is 9.70. The van der Waals surface area contributed by atoms with Crippen LogP contribution in [0.5, 0.6) is 0 Å². The Bertz CT molecular complexity index is 554. The third-order valence-corrected chi connectivity index (χ3v) is 4.09. The van der Waals surface area contributed by atoms with Gasteiger partial charge < -0.3 is 5.32 Å². The highest BCUT2D eigenvalue weighted by Gasteiger charge is 2.03. The van der Waals surface area contributed by atoms with Crippen LogP contribution in [0, 0.1) is 12.8 Å². The van der Waals surface area contributed by atoms with Crippen LogP contribution in [-0.4, -0.2) is 17.4 Å². The quantitative estimate of drug-likeness (QED) is 0.608. The summed E-state index contributed by atoms with van der Waals surface area (Å²) in [6.45, 7) is 6.20. The lowest BCUT2D eigenvalue weighted by Gasteiger charge is -2.10. The van der Waals surface area contributed by atoms with Gasteiger partial charge in [-0.05, 0) is 49.9 Å². The zero-order valence-corrected chi connectivity index (χ0v) is 13.1. The van der Waals surface area contributed by atoms with Crippen molar-refractivity contribution in [3.63, 3.8) is 0 Å². The second-order valence-electron chi connectivity index (χ2n) is 5.52. The third-order valence-electron chi connectivity index (χ3n) is 3.56. The molecule has 0 aliphatic carbocycles. The van der Waals surface area contributed by atoms with Crippen molar-refractivity contribution < 1.29 is 0 Å². The fraction of sp³-hybridized carbons (Fsp3) is 0.471. The summed E-state index contributed by atoms with van der Waals surface area (Å²) in [4.78, 5) is 4.57. The van der Waals surface area contributed by atoms with Crippen LogP contribution in [0.4, 0.5) is 0 Å². The molecule has 1 unspecified atom stereocenters. The second-order valence-corrected chi connectivity index (χ2v) is 5.83. The van der Waals surface area contributed by atoms with Crippen LogP contribution < -0.4 is 5.32 Å². The summed E-state index contributed by atoms with van der Waals surface area (Å²) in [7, 11) is 0. The number of hydrogen-bond donors (Lipinski definition) is 1. The van der Waals surface area contributed by atoms with Gasteiger partial charge in [0.2, 0.25) is 0 Å². The molecule has 20 heavy (non-hydrogen) atoms. The number of rotatable bonds is 7. The van der Waals surface area contributed by atoms with Gasteiger partial charge in [0.1, 0.15) is 0 Å². The average Bonchev–Trinajstić information content (AvgIpc) is 2.46. The number of nitrogens with zero attached hydrogens (tertiary/aromatic N) is 1. The Morgan fingerprint density at radius 3 is 2.90 bits per heavy atom. The number of hydrogen-bond acceptors (Lipinski definition) is 2. The van der Waals surface area contributed by atoms with E-state index in [9.17, 15) is 0 Å². The number of halogens is 1. The van der Waals surface area contributed by atoms with Gasteiger partial charge in [-0.3, -0.25) is 4.98 Å². The lowest BCUT2D eigenvalue weighted by Crippen LogP contribution is -2.16. The third kappa shape index (κ3) is 4.19. The molecule has 0 aliphatic rings. The van der Waals surface area contributed by atoms with Crippen molar-refractivity contribution in [2.45, 2.75) is 33.2 Å². The van der Waals surface area contributed by atoms with Gasteiger partial charge >= 0.3 is 0 Å². The molecule has 1 aromatic carbocycles. The molecule has 0 amide bonds. The van der Waals surface area contributed by atoms with E-state index < -0.39 is 0 Å². The SMILES string of the molecule is Cc1cc(CNCCCC(C)CCl)c2ccccc2n1. The highest BCUT2D eigenvalue weighted by molar-refractivity contribution is 6.18. The Morgan fingerprint density at radius 2 is 2.10 bits per heavy atom. The number of aromatic nitrogens is 1. The van der Waals surface area contributed by atoms with Gasteiger partial charge in [-0.25, -0.2) is 0 Å². The molecule has 1 heterocycles. The molecule has 2 rings (SSSR count). The molecule has 2 nitrogen and oxygen atoms in total. The molecule has 0 aliphatic heterocycles. The Kier molecular flexibility index (Phi) is 5.81. The van der Waals surface area contributed by atoms with Gasteiger partial charge in [0, 0.05) is 23.5 Å². The van der Waals surface area contributed by atoms with Gasteiger partial charge in [-0.15, -0.1) is 11.6 Å². The van der Waals surface area contributed by atoms with Crippen molar-refractivity contribution in [3.8, 4) is 0 Å². The predicted octanol–water partition coefficient (Wildman–Crippen LogP) is 4.29. The molecule has 0 bridgehead atoms. The van der Waals surface area contributed by atoms with Crippen LogP contribution in [0.25, 0.3) is 10.9 Å². The number of para-hydroxylation sites is 1. The molecule has 1 aromatic heterocycles. The molecule has 0 spiro atoms. The van der Waals surface area contributed by atoms with Crippen molar-refractivity contribution in [1.82, 2.24) is 10.3 Å². The Morgan fingerprint density at radius 1 is 1.30 bits per heavy atom. The van der Waals surface area contributed by atoms with E-state index in [4.69, 9.17) is 11.6 Å². The first kappa shape index (κ1) is 15.3. The Labute approximate surface area is 126 Å². The molecule has 0 saturated heterocycles. The Hall–Kier alpha value is -1.12. The van der Waals surface area contributed by atoms with Gasteiger partial charge in [0.15, 0.2) is 0 Å². The zero-order chi connectivity index (χ0) is 14.4. The predicted molar refractivity (Wildman–Crippen MR) is 87.3 cm³/mol. The molecular weight excluding hydrogens is 268 g/mol. The minimum atomic E-state index is 0.613. The second kappa shape index (κ2) is 7.61. The van der Waals surface area contributed by atoms with Crippen molar-refractivity contribution in [1.29, 1.82) is 0 Å². The summed E-state index contributed by atoms with van der Waals surface area (Å²) in [5.74, 6) is 1.37. The van der Waals surface area contributed by atoms with E-state index in [0.29, 0.717) is 5.92 Å². The number of aryl methyl sites for hydroxylation is 1. The minimum absolute atomic E-state index is 0.613. The first-order valence-corrected chi connectivity index (χ1v) is 7.86. The number of nitrogens with one attached hydrogen (secondary N) is 1. The fourth-order valence-corrected chi connectivity index (χ4v) is 2.57. The molecule has 1 N–H and O–H groups in total. The maximum Gasteiger partial charge on any atom is 0.0708 e. The number of fused-ring (bicyclic) bond motifs is 1. The van der Waals surface area contributed by atoms with Gasteiger partial charge in [0.05, 0.1) is 5.52 Å². The topological polar surface area (TPSA) is 24.9 Å². The summed E-state index contributed by atoms with van der Waals surface area (Å²) >= 11 is 5.82. The van der Waals surface area contributed by atoms with Crippen molar-refractivity contribution >= 4 is 22.5 Å². The maximum absolute atomic E-state index is 5.82. The van der Waals surface area contributed by atoms with Crippen molar-refractivity contribution in [2.75, 3.05) is 12.4 Å². The molecule has 0 saturated carbocycles. The van der Waals surface area contributed by atoms with Crippen LogP contribution >= 0.6 is 11.6 Å². The number of benzene rings is 1. The fourth-order valence-electron chi connectivity index (χ4n) is 2.42. The largest absolute Gasteiger partial charge is 0.313 e. The van der Waals surface area contributed by atoms with E-state index in [-0.39, 0.29) is 0 Å². The van der Waals surface area contributed by atoms with Gasteiger partial charge in [0.25, 0.3) is 0 Å². The molecule has 0 fully saturated rings. The van der Waals surface area contributed by atoms with E-state index in [1.165, 1.54) is 23.8 Å². The summed E-state index contributed by atoms with van der Waals surface area (Å²) in [6, 6.07) is 10.5. The summed E-state index contributed by atoms with van der Waals surface area (Å²) in [5.41, 5.74) is 3.50. The van der Waals surface area contributed by atoms with Crippen LogP contribution in [0.2, 0.25) is 0 Å². The average molecular weight is 291 g/mol. The Balaban J connectivity index is 1.93. The standard InChI is InChI=1S/C17H23ClN2/c1-13(11-18)6-5-9-19-12-15-10-14(2)20-17-8-4-3-7-16(15)17/h3-4,7-8,10,13,19H,5-6,9,11-12H2,1-2H3. The van der Waals surface area contributed by atoms with Crippen LogP contribution in [0.1, 0.15) is 31.0 Å². The normalized spacial score (nSPS) is 12.8. The van der Waals surface area contributed by atoms with Crippen LogP contribution in [0.3, 0.4) is 0 Å². The number of alkyl halides is 1. The highest BCUT2D eigenvalue weighted by Crippen LogP contribution is 2.18. The maximum atomic E-state index is 5.82. The monoisotopic (exact) mass is 290 g/mol. The summed E-state index contributed by atoms with van der Waals surface area (Å²) < 4.78 is 0. The van der Waals surface area contributed by atoms with Crippen molar-refractivity contribution in [2.24, 2.45) is 5.92 Å². The molecule has 3 heteroatoms. The molecule has 108 valence electrons. The molecule has 1 atom stereocenters. The van der Waals surface area contributed by atoms with Crippen molar-refractivity contribution in [3.05, 3.63) is 41.6 Å². The lowest BCUT2D eigenvalue weighted by molar-refractivity contribution is 0.532. The van der Waals surface area contributed by atoms with E-state index in [1.54, 1.807) is 0 Å². The minimum Gasteiger partial charge on any atom is -0.313 e. The first-order valence-electron chi connectivity index (χ1n) is 7.32. The van der Waals surface area contributed by atoms with Crippen LogP contribution in [0.15, 0.2) is 30.3 Å². The van der Waals surface area contributed by atoms with E-state index >= 15 is 0 Å². The highest BCUT2D eigenvalue weighted by atomic mass is 35.5. The van der Waals surface area contributed by atoms with Gasteiger partial charge in [-0.1, -0.05) is 25.1 Å². The van der Waals surface area contributed by atoms with E-state index in [1.807, 2.05) is 6.07 Å². The molecule has 0 radical (unpaired) electrons. The van der Waals surface area contributed by atoms with Gasteiger partial charge in [-0.2, -0.15) is 0 Å². The lowest BCUT2D eigenvalue weighted by atomic mass is 10.1. The summed E-state index contributed by atoms with van der Waals surface area (Å²) in [5, 5.41) is 4.78.